The average Bonchev–Trinajstić information content (AvgIpc) is 2.33. The highest BCUT2D eigenvalue weighted by Crippen LogP contribution is 2.20. The van der Waals surface area contributed by atoms with Gasteiger partial charge in [0.25, 0.3) is 0 Å². The van der Waals surface area contributed by atoms with E-state index in [2.05, 4.69) is 9.88 Å². The van der Waals surface area contributed by atoms with Crippen LogP contribution in [0.5, 0.6) is 0 Å². The van der Waals surface area contributed by atoms with Crippen molar-refractivity contribution in [2.75, 3.05) is 33.2 Å². The molecule has 1 unspecified atom stereocenters. The summed E-state index contributed by atoms with van der Waals surface area (Å²) in [5.41, 5.74) is 0.615. The van der Waals surface area contributed by atoms with E-state index in [4.69, 9.17) is 0 Å². The molecule has 0 aliphatic carbocycles. The molecule has 0 bridgehead atoms. The number of hydrogen-bond donors (Lipinski definition) is 1. The van der Waals surface area contributed by atoms with Crippen molar-refractivity contribution in [3.63, 3.8) is 0 Å². The fourth-order valence-electron chi connectivity index (χ4n) is 2.09. The van der Waals surface area contributed by atoms with Gasteiger partial charge in [-0.05, 0) is 19.2 Å². The minimum absolute atomic E-state index is 0.615. The molecular formula is C12H17N3O2. The second-order valence-electron chi connectivity index (χ2n) is 4.33. The molecule has 1 saturated heterocycles. The lowest BCUT2D eigenvalue weighted by Crippen LogP contribution is -2.48. The molecule has 0 spiro atoms. The third kappa shape index (κ3) is 2.81. The van der Waals surface area contributed by atoms with Crippen LogP contribution in [0.4, 0.5) is 0 Å². The Balaban J connectivity index is 2.16. The molecule has 1 atom stereocenters. The van der Waals surface area contributed by atoms with Gasteiger partial charge in [0, 0.05) is 32.4 Å². The van der Waals surface area contributed by atoms with Crippen LogP contribution in [0.2, 0.25) is 0 Å². The van der Waals surface area contributed by atoms with Crippen LogP contribution in [0.1, 0.15) is 11.7 Å². The Kier molecular flexibility index (Phi) is 3.71. The van der Waals surface area contributed by atoms with Crippen LogP contribution in [-0.2, 0) is 4.79 Å². The second kappa shape index (κ2) is 5.25. The summed E-state index contributed by atoms with van der Waals surface area (Å²) in [7, 11) is 2.05. The summed E-state index contributed by atoms with van der Waals surface area (Å²) in [6, 6.07) is 4.78. The second-order valence-corrected chi connectivity index (χ2v) is 4.33. The monoisotopic (exact) mass is 235 g/mol. The van der Waals surface area contributed by atoms with E-state index in [9.17, 15) is 9.90 Å². The Labute approximate surface area is 101 Å². The van der Waals surface area contributed by atoms with E-state index in [1.165, 1.54) is 0 Å². The van der Waals surface area contributed by atoms with Crippen molar-refractivity contribution in [2.24, 2.45) is 0 Å². The first-order chi connectivity index (χ1) is 8.18. The Hall–Kier alpha value is -1.46. The number of aliphatic carboxylic acids is 1. The Morgan fingerprint density at radius 2 is 2.06 bits per heavy atom. The molecule has 1 N–H and O–H groups in total. The van der Waals surface area contributed by atoms with Gasteiger partial charge in [0.15, 0.2) is 6.04 Å². The summed E-state index contributed by atoms with van der Waals surface area (Å²) in [4.78, 5) is 19.7. The number of pyridine rings is 1. The number of carbonyl (C=O) groups is 1. The number of likely N-dealkylation sites (N-methyl/N-ethyl adjacent to an activating group) is 1. The highest BCUT2D eigenvalue weighted by Gasteiger charge is 2.30. The third-order valence-electron chi connectivity index (χ3n) is 3.10. The first-order valence-electron chi connectivity index (χ1n) is 5.75. The molecule has 2 heterocycles. The normalized spacial score (nSPS) is 20.1. The number of nitrogens with zero attached hydrogens (tertiary/aromatic N) is 3. The van der Waals surface area contributed by atoms with E-state index in [0.717, 1.165) is 26.2 Å². The van der Waals surface area contributed by atoms with Crippen LogP contribution < -0.4 is 0 Å². The minimum Gasteiger partial charge on any atom is -0.480 e. The quantitative estimate of drug-likeness (QED) is 0.824. The lowest BCUT2D eigenvalue weighted by atomic mass is 10.1. The molecule has 1 aliphatic heterocycles. The fraction of sp³-hybridized carbons (Fsp3) is 0.500. The van der Waals surface area contributed by atoms with Gasteiger partial charge in [-0.25, -0.2) is 0 Å². The van der Waals surface area contributed by atoms with Crippen molar-refractivity contribution in [1.29, 1.82) is 0 Å². The molecule has 5 heteroatoms. The Bertz CT molecular complexity index is 375. The number of aromatic nitrogens is 1. The van der Waals surface area contributed by atoms with E-state index in [0.29, 0.717) is 5.69 Å². The number of rotatable bonds is 3. The number of hydrogen-bond acceptors (Lipinski definition) is 4. The van der Waals surface area contributed by atoms with Crippen molar-refractivity contribution in [3.05, 3.63) is 30.1 Å². The maximum Gasteiger partial charge on any atom is 0.327 e. The summed E-state index contributed by atoms with van der Waals surface area (Å²) >= 11 is 0. The van der Waals surface area contributed by atoms with Crippen LogP contribution >= 0.6 is 0 Å². The van der Waals surface area contributed by atoms with Gasteiger partial charge >= 0.3 is 5.97 Å². The molecule has 1 aliphatic rings. The number of carboxylic acids is 1. The zero-order chi connectivity index (χ0) is 12.3. The predicted octanol–water partition coefficient (Wildman–Crippen LogP) is 0.455. The van der Waals surface area contributed by atoms with Crippen LogP contribution in [0.3, 0.4) is 0 Å². The molecular weight excluding hydrogens is 218 g/mol. The molecule has 17 heavy (non-hydrogen) atoms. The minimum atomic E-state index is -0.826. The molecule has 0 saturated carbocycles. The van der Waals surface area contributed by atoms with E-state index >= 15 is 0 Å². The van der Waals surface area contributed by atoms with Gasteiger partial charge < -0.3 is 10.0 Å². The summed E-state index contributed by atoms with van der Waals surface area (Å²) in [6.07, 6.45) is 1.64. The van der Waals surface area contributed by atoms with Gasteiger partial charge in [-0.3, -0.25) is 14.7 Å². The Morgan fingerprint density at radius 3 is 2.59 bits per heavy atom. The van der Waals surface area contributed by atoms with Gasteiger partial charge in [-0.15, -0.1) is 0 Å². The number of carboxylic acid groups (broad SMARTS) is 1. The zero-order valence-corrected chi connectivity index (χ0v) is 9.91. The van der Waals surface area contributed by atoms with Crippen LogP contribution in [-0.4, -0.2) is 59.1 Å². The van der Waals surface area contributed by atoms with Gasteiger partial charge in [0.2, 0.25) is 0 Å². The topological polar surface area (TPSA) is 56.7 Å². The summed E-state index contributed by atoms with van der Waals surface area (Å²) in [5.74, 6) is -0.826. The molecule has 2 rings (SSSR count). The van der Waals surface area contributed by atoms with Crippen molar-refractivity contribution < 1.29 is 9.90 Å². The maximum atomic E-state index is 11.4. The van der Waals surface area contributed by atoms with Crippen LogP contribution in [0, 0.1) is 0 Å². The number of piperazine rings is 1. The van der Waals surface area contributed by atoms with Crippen LogP contribution in [0.15, 0.2) is 24.4 Å². The first-order valence-corrected chi connectivity index (χ1v) is 5.75. The Morgan fingerprint density at radius 1 is 1.35 bits per heavy atom. The van der Waals surface area contributed by atoms with E-state index in [-0.39, 0.29) is 0 Å². The van der Waals surface area contributed by atoms with Crippen molar-refractivity contribution >= 4 is 5.97 Å². The van der Waals surface area contributed by atoms with Gasteiger partial charge in [0.1, 0.15) is 0 Å². The third-order valence-corrected chi connectivity index (χ3v) is 3.10. The van der Waals surface area contributed by atoms with E-state index in [1.54, 1.807) is 18.3 Å². The van der Waals surface area contributed by atoms with E-state index < -0.39 is 12.0 Å². The summed E-state index contributed by atoms with van der Waals surface area (Å²) in [5, 5.41) is 9.35. The van der Waals surface area contributed by atoms with Crippen molar-refractivity contribution in [3.8, 4) is 0 Å². The molecule has 1 aromatic rings. The first kappa shape index (κ1) is 12.0. The standard InChI is InChI=1S/C12H17N3O2/c1-14-6-8-15(9-7-14)11(12(16)17)10-4-2-3-5-13-10/h2-5,11H,6-9H2,1H3,(H,16,17). The van der Waals surface area contributed by atoms with E-state index in [1.807, 2.05) is 18.0 Å². The zero-order valence-electron chi connectivity index (χ0n) is 9.91. The molecule has 0 aromatic carbocycles. The molecule has 5 nitrogen and oxygen atoms in total. The molecule has 1 aromatic heterocycles. The molecule has 92 valence electrons. The van der Waals surface area contributed by atoms with Crippen molar-refractivity contribution in [1.82, 2.24) is 14.8 Å². The highest BCUT2D eigenvalue weighted by atomic mass is 16.4. The average molecular weight is 235 g/mol. The lowest BCUT2D eigenvalue weighted by Gasteiger charge is -2.35. The predicted molar refractivity (Wildman–Crippen MR) is 63.7 cm³/mol. The lowest BCUT2D eigenvalue weighted by molar-refractivity contribution is -0.144. The highest BCUT2D eigenvalue weighted by molar-refractivity contribution is 5.74. The molecule has 1 fully saturated rings. The van der Waals surface area contributed by atoms with Crippen LogP contribution in [0.25, 0.3) is 0 Å². The fourth-order valence-corrected chi connectivity index (χ4v) is 2.09. The summed E-state index contributed by atoms with van der Waals surface area (Å²) in [6.45, 7) is 3.33. The molecule has 0 radical (unpaired) electrons. The SMILES string of the molecule is CN1CCN(C(C(=O)O)c2ccccn2)CC1. The molecule has 0 amide bonds. The van der Waals surface area contributed by atoms with Crippen molar-refractivity contribution in [2.45, 2.75) is 6.04 Å². The van der Waals surface area contributed by atoms with Gasteiger partial charge in [-0.2, -0.15) is 0 Å². The maximum absolute atomic E-state index is 11.4. The smallest absolute Gasteiger partial charge is 0.327 e. The largest absolute Gasteiger partial charge is 0.480 e. The van der Waals surface area contributed by atoms with Gasteiger partial charge in [-0.1, -0.05) is 6.07 Å². The summed E-state index contributed by atoms with van der Waals surface area (Å²) < 4.78 is 0. The van der Waals surface area contributed by atoms with Gasteiger partial charge in [0.05, 0.1) is 5.69 Å².